The van der Waals surface area contributed by atoms with Crippen LogP contribution in [0.2, 0.25) is 5.02 Å². The van der Waals surface area contributed by atoms with Crippen molar-refractivity contribution in [1.82, 2.24) is 0 Å². The second kappa shape index (κ2) is 9.52. The molecule has 10 heteroatoms. The summed E-state index contributed by atoms with van der Waals surface area (Å²) in [6.07, 6.45) is 0.742. The summed E-state index contributed by atoms with van der Waals surface area (Å²) in [5, 5.41) is 10.4. The molecule has 2 aromatic carbocycles. The summed E-state index contributed by atoms with van der Waals surface area (Å²) in [5.74, 6) is 0.760. The molecule has 0 spiro atoms. The summed E-state index contributed by atoms with van der Waals surface area (Å²) in [4.78, 5) is 12.7. The van der Waals surface area contributed by atoms with E-state index in [0.29, 0.717) is 39.5 Å². The molecule has 1 saturated carbocycles. The van der Waals surface area contributed by atoms with Gasteiger partial charge in [-0.25, -0.2) is 0 Å². The van der Waals surface area contributed by atoms with Crippen LogP contribution in [0, 0.1) is 10.8 Å². The molecular formula is C24H21ClO8S. The minimum Gasteiger partial charge on any atom is -0.490 e. The van der Waals surface area contributed by atoms with Gasteiger partial charge in [-0.3, -0.25) is 4.79 Å². The molecule has 2 aromatic heterocycles. The molecule has 1 unspecified atom stereocenters. The fraction of sp³-hybridized carbons (Fsp3) is 0.333. The fourth-order valence-electron chi connectivity index (χ4n) is 4.02. The van der Waals surface area contributed by atoms with Crippen LogP contribution < -0.4 is 10.2 Å². The second-order valence-corrected chi connectivity index (χ2v) is 8.78. The molecule has 1 N–H and O–H groups in total. The normalized spacial score (nSPS) is 18.8. The Hall–Kier alpha value is -2.69. The van der Waals surface area contributed by atoms with Gasteiger partial charge in [-0.15, -0.1) is 0 Å². The van der Waals surface area contributed by atoms with Crippen LogP contribution in [-0.4, -0.2) is 37.8 Å². The van der Waals surface area contributed by atoms with Gasteiger partial charge in [0, 0.05) is 37.4 Å². The Labute approximate surface area is 203 Å². The molecule has 0 aliphatic heterocycles. The van der Waals surface area contributed by atoms with Crippen molar-refractivity contribution in [3.63, 3.8) is 0 Å². The molecule has 5 rings (SSSR count). The van der Waals surface area contributed by atoms with E-state index in [1.165, 1.54) is 13.2 Å². The predicted molar refractivity (Wildman–Crippen MR) is 127 cm³/mol. The molecule has 1 atom stereocenters. The van der Waals surface area contributed by atoms with Crippen molar-refractivity contribution in [2.75, 3.05) is 20.3 Å². The molecule has 0 saturated heterocycles. The van der Waals surface area contributed by atoms with E-state index in [0.717, 1.165) is 12.8 Å². The molecule has 8 nitrogen and oxygen atoms in total. The van der Waals surface area contributed by atoms with E-state index in [9.17, 15) is 9.90 Å². The molecule has 34 heavy (non-hydrogen) atoms. The number of aliphatic hydroxyl groups is 1. The van der Waals surface area contributed by atoms with Crippen molar-refractivity contribution >= 4 is 46.0 Å². The number of halogens is 1. The van der Waals surface area contributed by atoms with Crippen molar-refractivity contribution in [3.05, 3.63) is 56.5 Å². The van der Waals surface area contributed by atoms with Crippen LogP contribution in [0.3, 0.4) is 0 Å². The molecule has 178 valence electrons. The lowest BCUT2D eigenvalue weighted by Gasteiger charge is -2.37. The average Bonchev–Trinajstić information content (AvgIpc) is 3.16. The molecular weight excluding hydrogens is 484 g/mol. The quantitative estimate of drug-likeness (QED) is 0.194. The average molecular weight is 505 g/mol. The van der Waals surface area contributed by atoms with Crippen LogP contribution in [0.15, 0.2) is 54.4 Å². The smallest absolute Gasteiger partial charge is 0.363 e. The Morgan fingerprint density at radius 3 is 2.68 bits per heavy atom. The Morgan fingerprint density at radius 1 is 1.15 bits per heavy atom. The second-order valence-electron chi connectivity index (χ2n) is 8.04. The van der Waals surface area contributed by atoms with Gasteiger partial charge in [-0.1, -0.05) is 17.7 Å². The lowest BCUT2D eigenvalue weighted by atomic mass is 9.82. The van der Waals surface area contributed by atoms with Crippen molar-refractivity contribution in [2.24, 2.45) is 5.92 Å². The number of hydrogen-bond donors (Lipinski definition) is 1. The first-order valence-electron chi connectivity index (χ1n) is 10.7. The molecule has 0 radical (unpaired) electrons. The Morgan fingerprint density at radius 2 is 1.91 bits per heavy atom. The Balaban J connectivity index is 1.39. The van der Waals surface area contributed by atoms with Crippen LogP contribution in [0.25, 0.3) is 33.5 Å². The maximum atomic E-state index is 12.7. The molecule has 0 amide bonds. The van der Waals surface area contributed by atoms with Gasteiger partial charge in [-0.2, -0.15) is 0 Å². The lowest BCUT2D eigenvalue weighted by Crippen LogP contribution is -2.40. The summed E-state index contributed by atoms with van der Waals surface area (Å²) in [6.45, 7) is 0.573. The number of methoxy groups -OCH3 is 1. The summed E-state index contributed by atoms with van der Waals surface area (Å²) < 4.78 is 33.6. The van der Waals surface area contributed by atoms with E-state index in [1.807, 2.05) is 0 Å². The van der Waals surface area contributed by atoms with Gasteiger partial charge in [0.2, 0.25) is 0 Å². The highest BCUT2D eigenvalue weighted by Crippen LogP contribution is 2.37. The first kappa shape index (κ1) is 23.1. The van der Waals surface area contributed by atoms with Gasteiger partial charge in [0.1, 0.15) is 18.1 Å². The zero-order chi connectivity index (χ0) is 23.8. The van der Waals surface area contributed by atoms with E-state index in [1.54, 1.807) is 30.3 Å². The minimum absolute atomic E-state index is 0.0257. The number of ether oxygens (including phenoxy) is 3. The third-order valence-corrected chi connectivity index (χ3v) is 6.34. The van der Waals surface area contributed by atoms with Crippen molar-refractivity contribution in [1.29, 1.82) is 0 Å². The van der Waals surface area contributed by atoms with Crippen molar-refractivity contribution < 1.29 is 32.6 Å². The van der Waals surface area contributed by atoms with E-state index in [-0.39, 0.29) is 40.3 Å². The summed E-state index contributed by atoms with van der Waals surface area (Å²) in [5.41, 5.74) is 1.33. The zero-order valence-electron chi connectivity index (χ0n) is 18.1. The fourth-order valence-corrected chi connectivity index (χ4v) is 4.42. The summed E-state index contributed by atoms with van der Waals surface area (Å²) in [7, 11) is 1.48. The maximum Gasteiger partial charge on any atom is 0.363 e. The number of rotatable bonds is 8. The molecule has 4 aromatic rings. The van der Waals surface area contributed by atoms with Gasteiger partial charge in [0.25, 0.3) is 0 Å². The SMILES string of the molecule is COC(O)C1CC(OCCOc2cc3oc(=S)oc3cc2-c2cc(=O)c3cccc(Cl)c3o2)C1. The van der Waals surface area contributed by atoms with Gasteiger partial charge < -0.3 is 32.6 Å². The van der Waals surface area contributed by atoms with E-state index in [4.69, 9.17) is 51.3 Å². The molecule has 0 bridgehead atoms. The number of para-hydroxylation sites is 1. The standard InChI is InChI=1S/C24H21ClO8S/c1-28-23(27)12-7-13(8-12)29-5-6-30-18-11-21-20(32-24(34)33-21)9-15(18)19-10-17(26)14-3-2-4-16(25)22(14)31-19/h2-4,9-13,23,27H,5-8H2,1H3. The van der Waals surface area contributed by atoms with E-state index < -0.39 is 6.29 Å². The van der Waals surface area contributed by atoms with E-state index in [2.05, 4.69) is 0 Å². The van der Waals surface area contributed by atoms with Crippen LogP contribution in [0.1, 0.15) is 12.8 Å². The number of hydrogen-bond acceptors (Lipinski definition) is 9. The Kier molecular flexibility index (Phi) is 6.46. The van der Waals surface area contributed by atoms with Crippen LogP contribution in [0.5, 0.6) is 5.75 Å². The van der Waals surface area contributed by atoms with Crippen LogP contribution >= 0.6 is 23.8 Å². The highest BCUT2D eigenvalue weighted by molar-refractivity contribution is 7.71. The largest absolute Gasteiger partial charge is 0.490 e. The van der Waals surface area contributed by atoms with Gasteiger partial charge in [-0.05, 0) is 31.0 Å². The van der Waals surface area contributed by atoms with Crippen molar-refractivity contribution in [2.45, 2.75) is 25.2 Å². The predicted octanol–water partition coefficient (Wildman–Crippen LogP) is 5.32. The monoisotopic (exact) mass is 504 g/mol. The molecule has 1 fully saturated rings. The number of benzene rings is 2. The minimum atomic E-state index is -0.761. The zero-order valence-corrected chi connectivity index (χ0v) is 19.7. The summed E-state index contributed by atoms with van der Waals surface area (Å²) >= 11 is 11.3. The first-order chi connectivity index (χ1) is 16.4. The number of aliphatic hydroxyl groups excluding tert-OH is 1. The highest BCUT2D eigenvalue weighted by atomic mass is 35.5. The third-order valence-electron chi connectivity index (χ3n) is 5.88. The summed E-state index contributed by atoms with van der Waals surface area (Å²) in [6, 6.07) is 9.66. The van der Waals surface area contributed by atoms with Gasteiger partial charge in [0.05, 0.1) is 28.7 Å². The van der Waals surface area contributed by atoms with Crippen LogP contribution in [-0.2, 0) is 9.47 Å². The van der Waals surface area contributed by atoms with Gasteiger partial charge in [0.15, 0.2) is 28.5 Å². The van der Waals surface area contributed by atoms with Gasteiger partial charge >= 0.3 is 4.90 Å². The molecule has 2 heterocycles. The highest BCUT2D eigenvalue weighted by Gasteiger charge is 2.35. The molecule has 1 aliphatic rings. The topological polar surface area (TPSA) is 104 Å². The lowest BCUT2D eigenvalue weighted by molar-refractivity contribution is -0.166. The van der Waals surface area contributed by atoms with Crippen molar-refractivity contribution in [3.8, 4) is 17.1 Å². The third kappa shape index (κ3) is 4.49. The van der Waals surface area contributed by atoms with Crippen LogP contribution in [0.4, 0.5) is 0 Å². The molecule has 1 aliphatic carbocycles. The number of fused-ring (bicyclic) bond motifs is 2. The first-order valence-corrected chi connectivity index (χ1v) is 11.5. The Bertz CT molecular complexity index is 1450. The maximum absolute atomic E-state index is 12.7. The van der Waals surface area contributed by atoms with E-state index >= 15 is 0 Å².